The van der Waals surface area contributed by atoms with Gasteiger partial charge in [-0.25, -0.2) is 0 Å². The molecule has 0 aromatic heterocycles. The first-order valence-electron chi connectivity index (χ1n) is 5.24. The number of aryl methyl sites for hydroxylation is 2. The molecule has 0 heterocycles. The van der Waals surface area contributed by atoms with Crippen LogP contribution in [0.15, 0.2) is 35.3 Å². The summed E-state index contributed by atoms with van der Waals surface area (Å²) in [4.78, 5) is 11.5. The number of amides is 1. The highest BCUT2D eigenvalue weighted by molar-refractivity contribution is 9.11. The smallest absolute Gasteiger partial charge is 0.220 e. The topological polar surface area (TPSA) is 29.1 Å². The van der Waals surface area contributed by atoms with Crippen LogP contribution >= 0.6 is 15.9 Å². The van der Waals surface area contributed by atoms with Gasteiger partial charge in [-0.2, -0.15) is 0 Å². The minimum atomic E-state index is 0.0591. The molecule has 0 spiro atoms. The standard InChI is InChI=1S/C13H16BrNO/c1-10-5-3-4-6-12(10)7-8-13(16)15-9-11(2)14/h3-6H,2,7-9H2,1H3,(H,15,16). The second kappa shape index (κ2) is 6.48. The van der Waals surface area contributed by atoms with Crippen LogP contribution in [-0.2, 0) is 11.2 Å². The van der Waals surface area contributed by atoms with E-state index in [2.05, 4.69) is 46.9 Å². The summed E-state index contributed by atoms with van der Waals surface area (Å²) in [7, 11) is 0. The molecule has 86 valence electrons. The van der Waals surface area contributed by atoms with Gasteiger partial charge in [-0.05, 0) is 24.5 Å². The van der Waals surface area contributed by atoms with Crippen LogP contribution in [0, 0.1) is 6.92 Å². The van der Waals surface area contributed by atoms with Crippen LogP contribution in [-0.4, -0.2) is 12.5 Å². The Bertz CT molecular complexity index is 387. The van der Waals surface area contributed by atoms with E-state index in [1.54, 1.807) is 0 Å². The van der Waals surface area contributed by atoms with E-state index in [1.165, 1.54) is 11.1 Å². The Morgan fingerprint density at radius 3 is 2.75 bits per heavy atom. The summed E-state index contributed by atoms with van der Waals surface area (Å²) in [6, 6.07) is 8.13. The second-order valence-corrected chi connectivity index (χ2v) is 4.84. The average molecular weight is 282 g/mol. The monoisotopic (exact) mass is 281 g/mol. The number of rotatable bonds is 5. The number of carbonyl (C=O) groups is 1. The number of nitrogens with one attached hydrogen (secondary N) is 1. The van der Waals surface area contributed by atoms with Gasteiger partial charge in [0.25, 0.3) is 0 Å². The normalized spacial score (nSPS) is 9.88. The molecule has 0 atom stereocenters. The molecule has 1 aromatic carbocycles. The van der Waals surface area contributed by atoms with Crippen LogP contribution in [0.2, 0.25) is 0 Å². The third-order valence-electron chi connectivity index (χ3n) is 2.36. The van der Waals surface area contributed by atoms with Crippen molar-refractivity contribution in [2.45, 2.75) is 19.8 Å². The van der Waals surface area contributed by atoms with Crippen LogP contribution in [0.3, 0.4) is 0 Å². The third kappa shape index (κ3) is 4.62. The Kier molecular flexibility index (Phi) is 5.26. The summed E-state index contributed by atoms with van der Waals surface area (Å²) >= 11 is 3.20. The van der Waals surface area contributed by atoms with E-state index in [9.17, 15) is 4.79 Å². The van der Waals surface area contributed by atoms with Gasteiger partial charge in [0, 0.05) is 17.4 Å². The van der Waals surface area contributed by atoms with Crippen molar-refractivity contribution >= 4 is 21.8 Å². The average Bonchev–Trinajstić information content (AvgIpc) is 2.25. The van der Waals surface area contributed by atoms with E-state index < -0.39 is 0 Å². The van der Waals surface area contributed by atoms with Crippen molar-refractivity contribution < 1.29 is 4.79 Å². The van der Waals surface area contributed by atoms with Gasteiger partial charge in [-0.3, -0.25) is 4.79 Å². The van der Waals surface area contributed by atoms with Gasteiger partial charge in [0.05, 0.1) is 0 Å². The Morgan fingerprint density at radius 2 is 2.12 bits per heavy atom. The van der Waals surface area contributed by atoms with Gasteiger partial charge < -0.3 is 5.32 Å². The molecular weight excluding hydrogens is 266 g/mol. The molecule has 16 heavy (non-hydrogen) atoms. The molecule has 0 fully saturated rings. The minimum Gasteiger partial charge on any atom is -0.352 e. The molecule has 0 radical (unpaired) electrons. The van der Waals surface area contributed by atoms with Crippen molar-refractivity contribution in [1.82, 2.24) is 5.32 Å². The lowest BCUT2D eigenvalue weighted by Crippen LogP contribution is -2.24. The molecule has 0 aliphatic carbocycles. The summed E-state index contributed by atoms with van der Waals surface area (Å²) in [5.41, 5.74) is 2.47. The molecule has 0 saturated carbocycles. The maximum Gasteiger partial charge on any atom is 0.220 e. The van der Waals surface area contributed by atoms with E-state index in [0.717, 1.165) is 10.9 Å². The van der Waals surface area contributed by atoms with E-state index in [1.807, 2.05) is 12.1 Å². The van der Waals surface area contributed by atoms with Crippen molar-refractivity contribution in [3.8, 4) is 0 Å². The van der Waals surface area contributed by atoms with Crippen LogP contribution in [0.4, 0.5) is 0 Å². The highest BCUT2D eigenvalue weighted by atomic mass is 79.9. The van der Waals surface area contributed by atoms with Crippen LogP contribution < -0.4 is 5.32 Å². The van der Waals surface area contributed by atoms with Gasteiger partial charge in [-0.15, -0.1) is 0 Å². The summed E-state index contributed by atoms with van der Waals surface area (Å²) < 4.78 is 0.789. The zero-order valence-corrected chi connectivity index (χ0v) is 11.0. The largest absolute Gasteiger partial charge is 0.352 e. The second-order valence-electron chi connectivity index (χ2n) is 3.72. The first kappa shape index (κ1) is 13.0. The number of hydrogen-bond acceptors (Lipinski definition) is 1. The van der Waals surface area contributed by atoms with Crippen LogP contribution in [0.1, 0.15) is 17.5 Å². The highest BCUT2D eigenvalue weighted by Gasteiger charge is 2.03. The summed E-state index contributed by atoms with van der Waals surface area (Å²) in [5.74, 6) is 0.0591. The van der Waals surface area contributed by atoms with Gasteiger partial charge in [0.2, 0.25) is 5.91 Å². The fourth-order valence-electron chi connectivity index (χ4n) is 1.42. The van der Waals surface area contributed by atoms with Crippen molar-refractivity contribution in [1.29, 1.82) is 0 Å². The van der Waals surface area contributed by atoms with E-state index in [0.29, 0.717) is 13.0 Å². The van der Waals surface area contributed by atoms with Crippen LogP contribution in [0.5, 0.6) is 0 Å². The van der Waals surface area contributed by atoms with E-state index in [4.69, 9.17) is 0 Å². The lowest BCUT2D eigenvalue weighted by Gasteiger charge is -2.06. The van der Waals surface area contributed by atoms with Crippen LogP contribution in [0.25, 0.3) is 0 Å². The maximum absolute atomic E-state index is 11.5. The lowest BCUT2D eigenvalue weighted by molar-refractivity contribution is -0.120. The van der Waals surface area contributed by atoms with Gasteiger partial charge in [0.15, 0.2) is 0 Å². The molecule has 1 aromatic rings. The summed E-state index contributed by atoms with van der Waals surface area (Å²) in [6.45, 7) is 6.22. The van der Waals surface area contributed by atoms with Crippen molar-refractivity contribution in [3.63, 3.8) is 0 Å². The number of carbonyl (C=O) groups excluding carboxylic acids is 1. The zero-order valence-electron chi connectivity index (χ0n) is 9.42. The molecule has 2 nitrogen and oxygen atoms in total. The first-order chi connectivity index (χ1) is 7.59. The van der Waals surface area contributed by atoms with Crippen molar-refractivity contribution in [3.05, 3.63) is 46.5 Å². The molecule has 0 aliphatic heterocycles. The fourth-order valence-corrected chi connectivity index (χ4v) is 1.56. The maximum atomic E-state index is 11.5. The first-order valence-corrected chi connectivity index (χ1v) is 6.03. The van der Waals surface area contributed by atoms with Gasteiger partial charge in [0.1, 0.15) is 0 Å². The SMILES string of the molecule is C=C(Br)CNC(=O)CCc1ccccc1C. The Hall–Kier alpha value is -1.09. The fraction of sp³-hybridized carbons (Fsp3) is 0.308. The van der Waals surface area contributed by atoms with E-state index in [-0.39, 0.29) is 5.91 Å². The van der Waals surface area contributed by atoms with Gasteiger partial charge in [-0.1, -0.05) is 46.8 Å². The third-order valence-corrected chi connectivity index (χ3v) is 2.64. The summed E-state index contributed by atoms with van der Waals surface area (Å²) in [5, 5.41) is 2.79. The number of hydrogen-bond donors (Lipinski definition) is 1. The Labute approximate surface area is 105 Å². The van der Waals surface area contributed by atoms with Crippen molar-refractivity contribution in [2.24, 2.45) is 0 Å². The highest BCUT2D eigenvalue weighted by Crippen LogP contribution is 2.09. The minimum absolute atomic E-state index is 0.0591. The van der Waals surface area contributed by atoms with Crippen molar-refractivity contribution in [2.75, 3.05) is 6.54 Å². The molecule has 3 heteroatoms. The molecule has 1 amide bonds. The predicted molar refractivity (Wildman–Crippen MR) is 70.6 cm³/mol. The Morgan fingerprint density at radius 1 is 1.44 bits per heavy atom. The number of benzene rings is 1. The molecule has 1 N–H and O–H groups in total. The lowest BCUT2D eigenvalue weighted by atomic mass is 10.0. The predicted octanol–water partition coefficient (Wildman–Crippen LogP) is 2.95. The van der Waals surface area contributed by atoms with Gasteiger partial charge >= 0.3 is 0 Å². The molecule has 0 unspecified atom stereocenters. The molecule has 0 aliphatic rings. The Balaban J connectivity index is 2.37. The van der Waals surface area contributed by atoms with E-state index >= 15 is 0 Å². The number of halogens is 1. The molecule has 1 rings (SSSR count). The quantitative estimate of drug-likeness (QED) is 0.884. The summed E-state index contributed by atoms with van der Waals surface area (Å²) in [6.07, 6.45) is 1.30. The molecule has 0 saturated heterocycles. The molecular formula is C13H16BrNO. The zero-order chi connectivity index (χ0) is 12.0. The molecule has 0 bridgehead atoms.